The summed E-state index contributed by atoms with van der Waals surface area (Å²) in [5, 5.41) is 3.23. The van der Waals surface area contributed by atoms with Crippen molar-refractivity contribution < 1.29 is 4.74 Å². The van der Waals surface area contributed by atoms with E-state index >= 15 is 0 Å². The van der Waals surface area contributed by atoms with Gasteiger partial charge < -0.3 is 10.1 Å². The number of nitrogens with zero attached hydrogens (tertiary/aromatic N) is 4. The molecule has 2 rings (SSSR count). The van der Waals surface area contributed by atoms with E-state index in [4.69, 9.17) is 4.74 Å². The average Bonchev–Trinajstić information content (AvgIpc) is 2.45. The maximum Gasteiger partial charge on any atom is 0.197 e. The van der Waals surface area contributed by atoms with Gasteiger partial charge >= 0.3 is 0 Å². The number of rotatable bonds is 6. The molecule has 0 atom stereocenters. The van der Waals surface area contributed by atoms with Crippen LogP contribution in [0, 0.1) is 0 Å². The van der Waals surface area contributed by atoms with Gasteiger partial charge in [-0.2, -0.15) is 0 Å². The van der Waals surface area contributed by atoms with E-state index in [1.807, 2.05) is 6.07 Å². The summed E-state index contributed by atoms with van der Waals surface area (Å²) in [5.74, 6) is 1.08. The van der Waals surface area contributed by atoms with Crippen LogP contribution in [0.25, 0.3) is 11.6 Å². The molecule has 1 N–H and O–H groups in total. The van der Waals surface area contributed by atoms with Crippen LogP contribution in [0.15, 0.2) is 30.7 Å². The molecule has 0 aromatic carbocycles. The van der Waals surface area contributed by atoms with Crippen LogP contribution in [-0.2, 0) is 11.3 Å². The van der Waals surface area contributed by atoms with Crippen molar-refractivity contribution in [2.45, 2.75) is 6.54 Å². The molecule has 0 amide bonds. The Bertz CT molecular complexity index is 477. The van der Waals surface area contributed by atoms with E-state index in [2.05, 4.69) is 25.3 Å². The summed E-state index contributed by atoms with van der Waals surface area (Å²) in [4.78, 5) is 16.8. The first-order valence-corrected chi connectivity index (χ1v) is 5.69. The number of aromatic nitrogens is 4. The number of methoxy groups -OCH3 is 1. The molecule has 2 heterocycles. The molecule has 0 aliphatic carbocycles. The summed E-state index contributed by atoms with van der Waals surface area (Å²) in [7, 11) is 1.68. The minimum Gasteiger partial charge on any atom is -0.383 e. The third-order valence-corrected chi connectivity index (χ3v) is 2.27. The van der Waals surface area contributed by atoms with Crippen LogP contribution in [-0.4, -0.2) is 40.2 Å². The molecule has 0 spiro atoms. The largest absolute Gasteiger partial charge is 0.383 e. The van der Waals surface area contributed by atoms with Crippen molar-refractivity contribution in [3.63, 3.8) is 0 Å². The van der Waals surface area contributed by atoms with Gasteiger partial charge in [-0.25, -0.2) is 19.9 Å². The van der Waals surface area contributed by atoms with Gasteiger partial charge in [-0.3, -0.25) is 0 Å². The molecule has 18 heavy (non-hydrogen) atoms. The summed E-state index contributed by atoms with van der Waals surface area (Å²) in [6.45, 7) is 2.14. The van der Waals surface area contributed by atoms with E-state index in [1.165, 1.54) is 0 Å². The maximum absolute atomic E-state index is 4.96. The summed E-state index contributed by atoms with van der Waals surface area (Å²) >= 11 is 0. The van der Waals surface area contributed by atoms with Crippen molar-refractivity contribution in [2.24, 2.45) is 0 Å². The summed E-state index contributed by atoms with van der Waals surface area (Å²) in [6.07, 6.45) is 5.07. The van der Waals surface area contributed by atoms with Gasteiger partial charge in [-0.05, 0) is 12.1 Å². The Kier molecular flexibility index (Phi) is 4.68. The van der Waals surface area contributed by atoms with Gasteiger partial charge in [-0.1, -0.05) is 0 Å². The zero-order valence-corrected chi connectivity index (χ0v) is 10.2. The topological polar surface area (TPSA) is 72.8 Å². The fraction of sp³-hybridized carbons (Fsp3) is 0.333. The van der Waals surface area contributed by atoms with Crippen LogP contribution >= 0.6 is 0 Å². The highest BCUT2D eigenvalue weighted by Crippen LogP contribution is 2.07. The molecule has 6 heteroatoms. The third kappa shape index (κ3) is 3.54. The first-order chi connectivity index (χ1) is 8.90. The van der Waals surface area contributed by atoms with E-state index in [0.717, 1.165) is 12.2 Å². The van der Waals surface area contributed by atoms with Crippen molar-refractivity contribution in [1.29, 1.82) is 0 Å². The Labute approximate surface area is 105 Å². The van der Waals surface area contributed by atoms with Gasteiger partial charge in [-0.15, -0.1) is 0 Å². The second-order valence-electron chi connectivity index (χ2n) is 3.61. The molecule has 6 nitrogen and oxygen atoms in total. The Balaban J connectivity index is 2.02. The SMILES string of the molecule is COCCNCc1ccnc(-c2ncccn2)n1. The first kappa shape index (κ1) is 12.5. The number of nitrogens with one attached hydrogen (secondary N) is 1. The van der Waals surface area contributed by atoms with E-state index in [1.54, 1.807) is 31.8 Å². The predicted molar refractivity (Wildman–Crippen MR) is 66.6 cm³/mol. The van der Waals surface area contributed by atoms with Crippen molar-refractivity contribution in [2.75, 3.05) is 20.3 Å². The molecule has 0 aliphatic rings. The summed E-state index contributed by atoms with van der Waals surface area (Å²) < 4.78 is 4.96. The lowest BCUT2D eigenvalue weighted by Gasteiger charge is -2.04. The fourth-order valence-corrected chi connectivity index (χ4v) is 1.41. The first-order valence-electron chi connectivity index (χ1n) is 5.69. The van der Waals surface area contributed by atoms with Gasteiger partial charge in [0.2, 0.25) is 0 Å². The number of hydrogen-bond donors (Lipinski definition) is 1. The Hall–Kier alpha value is -1.92. The highest BCUT2D eigenvalue weighted by molar-refractivity contribution is 5.41. The number of hydrogen-bond acceptors (Lipinski definition) is 6. The smallest absolute Gasteiger partial charge is 0.197 e. The Morgan fingerprint density at radius 1 is 1.11 bits per heavy atom. The van der Waals surface area contributed by atoms with Gasteiger partial charge in [0.25, 0.3) is 0 Å². The molecule has 0 unspecified atom stereocenters. The van der Waals surface area contributed by atoms with E-state index in [0.29, 0.717) is 24.8 Å². The van der Waals surface area contributed by atoms with Gasteiger partial charge in [0.1, 0.15) is 0 Å². The zero-order valence-electron chi connectivity index (χ0n) is 10.2. The normalized spacial score (nSPS) is 10.5. The van der Waals surface area contributed by atoms with Crippen LogP contribution in [0.1, 0.15) is 5.69 Å². The minimum atomic E-state index is 0.538. The monoisotopic (exact) mass is 245 g/mol. The van der Waals surface area contributed by atoms with Crippen LogP contribution in [0.5, 0.6) is 0 Å². The van der Waals surface area contributed by atoms with Gasteiger partial charge in [0.15, 0.2) is 11.6 Å². The molecule has 2 aromatic heterocycles. The molecular formula is C12H15N5O. The maximum atomic E-state index is 4.96. The van der Waals surface area contributed by atoms with E-state index < -0.39 is 0 Å². The standard InChI is InChI=1S/C12H15N5O/c1-18-8-7-13-9-10-3-6-16-12(17-10)11-14-4-2-5-15-11/h2-6,13H,7-9H2,1H3. The van der Waals surface area contributed by atoms with E-state index in [9.17, 15) is 0 Å². The highest BCUT2D eigenvalue weighted by atomic mass is 16.5. The van der Waals surface area contributed by atoms with Crippen molar-refractivity contribution >= 4 is 0 Å². The summed E-state index contributed by atoms with van der Waals surface area (Å²) in [5.41, 5.74) is 0.906. The average molecular weight is 245 g/mol. The molecule has 0 fully saturated rings. The molecule has 0 bridgehead atoms. The van der Waals surface area contributed by atoms with Crippen LogP contribution in [0.2, 0.25) is 0 Å². The molecule has 0 saturated heterocycles. The van der Waals surface area contributed by atoms with Crippen molar-refractivity contribution in [1.82, 2.24) is 25.3 Å². The summed E-state index contributed by atoms with van der Waals surface area (Å²) in [6, 6.07) is 3.63. The third-order valence-electron chi connectivity index (χ3n) is 2.27. The lowest BCUT2D eigenvalue weighted by molar-refractivity contribution is 0.199. The Morgan fingerprint density at radius 2 is 1.89 bits per heavy atom. The number of ether oxygens (including phenoxy) is 1. The molecule has 0 aliphatic heterocycles. The predicted octanol–water partition coefficient (Wildman–Crippen LogP) is 0.670. The highest BCUT2D eigenvalue weighted by Gasteiger charge is 2.04. The van der Waals surface area contributed by atoms with Crippen LogP contribution in [0.3, 0.4) is 0 Å². The van der Waals surface area contributed by atoms with Crippen molar-refractivity contribution in [3.05, 3.63) is 36.4 Å². The van der Waals surface area contributed by atoms with Crippen molar-refractivity contribution in [3.8, 4) is 11.6 Å². The second-order valence-corrected chi connectivity index (χ2v) is 3.61. The quantitative estimate of drug-likeness (QED) is 0.754. The molecule has 0 radical (unpaired) electrons. The fourth-order valence-electron chi connectivity index (χ4n) is 1.41. The lowest BCUT2D eigenvalue weighted by atomic mass is 10.4. The minimum absolute atomic E-state index is 0.538. The molecule has 2 aromatic rings. The lowest BCUT2D eigenvalue weighted by Crippen LogP contribution is -2.19. The second kappa shape index (κ2) is 6.73. The molecular weight excluding hydrogens is 230 g/mol. The van der Waals surface area contributed by atoms with Crippen LogP contribution < -0.4 is 5.32 Å². The molecule has 0 saturated carbocycles. The van der Waals surface area contributed by atoms with Gasteiger partial charge in [0.05, 0.1) is 12.3 Å². The molecule has 94 valence electrons. The zero-order chi connectivity index (χ0) is 12.6. The van der Waals surface area contributed by atoms with Gasteiger partial charge in [0, 0.05) is 38.8 Å². The van der Waals surface area contributed by atoms with E-state index in [-0.39, 0.29) is 0 Å². The van der Waals surface area contributed by atoms with Crippen LogP contribution in [0.4, 0.5) is 0 Å². The Morgan fingerprint density at radius 3 is 2.67 bits per heavy atom.